The van der Waals surface area contributed by atoms with Gasteiger partial charge in [-0.1, -0.05) is 42.5 Å². The molecule has 1 heterocycles. The third-order valence-corrected chi connectivity index (χ3v) is 6.15. The SMILES string of the molecule is O=[N+]([O-])c1ccc(-n2nc(-c3ccccc3S(=O)(=O)O)n[n+]2-c2cccc3ccccc23)cc1. The molecular formula is C23H16N5O5S+. The number of hydrogen-bond acceptors (Lipinski definition) is 6. The molecule has 0 saturated heterocycles. The summed E-state index contributed by atoms with van der Waals surface area (Å²) < 4.78 is 33.6. The summed E-state index contributed by atoms with van der Waals surface area (Å²) in [6.07, 6.45) is 0. The predicted octanol–water partition coefficient (Wildman–Crippen LogP) is 3.52. The van der Waals surface area contributed by atoms with Gasteiger partial charge in [0.05, 0.1) is 15.6 Å². The fourth-order valence-corrected chi connectivity index (χ4v) is 4.37. The highest BCUT2D eigenvalue weighted by Gasteiger charge is 2.29. The lowest BCUT2D eigenvalue weighted by Gasteiger charge is -2.03. The first kappa shape index (κ1) is 21.4. The standard InChI is InChI=1S/C23H15N5O5S/c29-28(30)18-14-12-17(13-15-18)26-24-23(20-9-3-4-11-22(20)34(31,32)33)25-27(26)21-10-5-7-16-6-1-2-8-19(16)21/h1-15H/p+1. The highest BCUT2D eigenvalue weighted by atomic mass is 32.2. The zero-order valence-corrected chi connectivity index (χ0v) is 18.2. The third kappa shape index (κ3) is 3.78. The summed E-state index contributed by atoms with van der Waals surface area (Å²) >= 11 is 0. The number of nitro groups is 1. The summed E-state index contributed by atoms with van der Waals surface area (Å²) in [4.78, 5) is 13.2. The van der Waals surface area contributed by atoms with Crippen LogP contribution in [0.25, 0.3) is 33.5 Å². The number of non-ortho nitro benzene ring substituents is 1. The van der Waals surface area contributed by atoms with Crippen molar-refractivity contribution >= 4 is 26.6 Å². The van der Waals surface area contributed by atoms with E-state index >= 15 is 0 Å². The molecule has 34 heavy (non-hydrogen) atoms. The Morgan fingerprint density at radius 2 is 1.56 bits per heavy atom. The van der Waals surface area contributed by atoms with E-state index in [1.165, 1.54) is 52.1 Å². The average molecular weight is 474 g/mol. The van der Waals surface area contributed by atoms with E-state index in [9.17, 15) is 23.1 Å². The Hall–Kier alpha value is -4.48. The summed E-state index contributed by atoms with van der Waals surface area (Å²) in [5.74, 6) is 0.0412. The van der Waals surface area contributed by atoms with Gasteiger partial charge in [-0.3, -0.25) is 14.7 Å². The van der Waals surface area contributed by atoms with Gasteiger partial charge in [0.25, 0.3) is 15.8 Å². The van der Waals surface area contributed by atoms with Crippen LogP contribution in [0.2, 0.25) is 0 Å². The number of hydrogen-bond donors (Lipinski definition) is 1. The van der Waals surface area contributed by atoms with E-state index in [2.05, 4.69) is 10.2 Å². The van der Waals surface area contributed by atoms with Crippen LogP contribution >= 0.6 is 0 Å². The normalized spacial score (nSPS) is 11.6. The second-order valence-electron chi connectivity index (χ2n) is 7.35. The fraction of sp³-hybridized carbons (Fsp3) is 0. The number of nitrogens with zero attached hydrogens (tertiary/aromatic N) is 5. The zero-order chi connectivity index (χ0) is 23.9. The Kier molecular flexibility index (Phi) is 5.11. The quantitative estimate of drug-likeness (QED) is 0.178. The van der Waals surface area contributed by atoms with E-state index in [1.54, 1.807) is 6.07 Å². The van der Waals surface area contributed by atoms with Gasteiger partial charge in [-0.15, -0.1) is 0 Å². The number of fused-ring (bicyclic) bond motifs is 1. The molecule has 5 aromatic rings. The van der Waals surface area contributed by atoms with Crippen LogP contribution in [-0.2, 0) is 10.1 Å². The van der Waals surface area contributed by atoms with Crippen LogP contribution in [-0.4, -0.2) is 32.9 Å². The molecule has 0 amide bonds. The molecule has 0 aliphatic rings. The summed E-state index contributed by atoms with van der Waals surface area (Å²) in [6, 6.07) is 24.9. The summed E-state index contributed by atoms with van der Waals surface area (Å²) in [6.45, 7) is 0. The van der Waals surface area contributed by atoms with E-state index in [1.807, 2.05) is 42.5 Å². The number of benzene rings is 4. The number of nitro benzene ring substituents is 1. The molecule has 1 aromatic heterocycles. The fourth-order valence-electron chi connectivity index (χ4n) is 3.68. The largest absolute Gasteiger partial charge is 0.341 e. The van der Waals surface area contributed by atoms with Gasteiger partial charge in [-0.25, -0.2) is 0 Å². The molecule has 0 aliphatic heterocycles. The first-order valence-corrected chi connectivity index (χ1v) is 11.5. The molecule has 0 aliphatic carbocycles. The van der Waals surface area contributed by atoms with Crippen molar-refractivity contribution in [2.24, 2.45) is 0 Å². The minimum Gasteiger partial charge on any atom is -0.282 e. The Bertz CT molecular complexity index is 1660. The lowest BCUT2D eigenvalue weighted by atomic mass is 10.1. The van der Waals surface area contributed by atoms with Gasteiger partial charge in [0.1, 0.15) is 10.6 Å². The van der Waals surface area contributed by atoms with Gasteiger partial charge >= 0.3 is 5.82 Å². The molecule has 11 heteroatoms. The zero-order valence-electron chi connectivity index (χ0n) is 17.4. The van der Waals surface area contributed by atoms with Gasteiger partial charge in [0.15, 0.2) is 5.69 Å². The molecule has 0 unspecified atom stereocenters. The summed E-state index contributed by atoms with van der Waals surface area (Å²) in [5.41, 5.74) is 1.14. The van der Waals surface area contributed by atoms with Gasteiger partial charge in [-0.2, -0.15) is 8.42 Å². The van der Waals surface area contributed by atoms with E-state index in [4.69, 9.17) is 0 Å². The number of tetrazole rings is 1. The Morgan fingerprint density at radius 1 is 0.882 bits per heavy atom. The van der Waals surface area contributed by atoms with Gasteiger partial charge in [0, 0.05) is 22.3 Å². The molecule has 0 spiro atoms. The van der Waals surface area contributed by atoms with Crippen LogP contribution < -0.4 is 4.80 Å². The molecule has 0 radical (unpaired) electrons. The lowest BCUT2D eigenvalue weighted by Crippen LogP contribution is -2.43. The van der Waals surface area contributed by atoms with Crippen LogP contribution in [0.5, 0.6) is 0 Å². The highest BCUT2D eigenvalue weighted by molar-refractivity contribution is 7.86. The minimum absolute atomic E-state index is 0.0412. The van der Waals surface area contributed by atoms with Gasteiger partial charge in [0.2, 0.25) is 0 Å². The van der Waals surface area contributed by atoms with E-state index < -0.39 is 15.0 Å². The minimum atomic E-state index is -4.54. The van der Waals surface area contributed by atoms with Crippen LogP contribution in [0, 0.1) is 10.1 Å². The second kappa shape index (κ2) is 8.14. The van der Waals surface area contributed by atoms with Crippen molar-refractivity contribution < 1.29 is 22.7 Å². The van der Waals surface area contributed by atoms with Crippen molar-refractivity contribution in [1.29, 1.82) is 0 Å². The number of rotatable bonds is 5. The van der Waals surface area contributed by atoms with Crippen molar-refractivity contribution in [3.63, 3.8) is 0 Å². The summed E-state index contributed by atoms with van der Waals surface area (Å²) in [7, 11) is -4.54. The molecule has 10 nitrogen and oxygen atoms in total. The highest BCUT2D eigenvalue weighted by Crippen LogP contribution is 2.25. The average Bonchev–Trinajstić information content (AvgIpc) is 3.28. The molecule has 1 N–H and O–H groups in total. The summed E-state index contributed by atoms with van der Waals surface area (Å²) in [5, 5.41) is 22.0. The van der Waals surface area contributed by atoms with Crippen LogP contribution in [0.3, 0.4) is 0 Å². The van der Waals surface area contributed by atoms with E-state index in [-0.39, 0.29) is 22.0 Å². The Labute approximate surface area is 193 Å². The monoisotopic (exact) mass is 474 g/mol. The smallest absolute Gasteiger partial charge is 0.282 e. The number of aromatic nitrogens is 4. The second-order valence-corrected chi connectivity index (χ2v) is 8.74. The van der Waals surface area contributed by atoms with Crippen molar-refractivity contribution in [2.75, 3.05) is 0 Å². The molecular weight excluding hydrogens is 458 g/mol. The van der Waals surface area contributed by atoms with Crippen LogP contribution in [0.4, 0.5) is 5.69 Å². The predicted molar refractivity (Wildman–Crippen MR) is 122 cm³/mol. The molecule has 4 aromatic carbocycles. The molecule has 0 atom stereocenters. The molecule has 0 saturated carbocycles. The third-order valence-electron chi connectivity index (χ3n) is 5.24. The van der Waals surface area contributed by atoms with Crippen LogP contribution in [0.15, 0.2) is 95.9 Å². The van der Waals surface area contributed by atoms with Crippen molar-refractivity contribution in [3.05, 3.63) is 101 Å². The van der Waals surface area contributed by atoms with Crippen molar-refractivity contribution in [1.82, 2.24) is 15.0 Å². The maximum atomic E-state index is 12.0. The first-order chi connectivity index (χ1) is 16.3. The van der Waals surface area contributed by atoms with Gasteiger partial charge < -0.3 is 0 Å². The van der Waals surface area contributed by atoms with Gasteiger partial charge in [-0.05, 0) is 51.7 Å². The Morgan fingerprint density at radius 3 is 2.29 bits per heavy atom. The lowest BCUT2D eigenvalue weighted by molar-refractivity contribution is -0.733. The Balaban J connectivity index is 1.79. The van der Waals surface area contributed by atoms with E-state index in [0.717, 1.165) is 10.8 Å². The topological polar surface area (TPSA) is 132 Å². The van der Waals surface area contributed by atoms with Crippen molar-refractivity contribution in [2.45, 2.75) is 4.90 Å². The molecule has 0 fully saturated rings. The first-order valence-electron chi connectivity index (χ1n) is 10.0. The van der Waals surface area contributed by atoms with Crippen LogP contribution in [0.1, 0.15) is 0 Å². The molecule has 5 rings (SSSR count). The van der Waals surface area contributed by atoms with E-state index in [0.29, 0.717) is 11.4 Å². The van der Waals surface area contributed by atoms with Crippen molar-refractivity contribution in [3.8, 4) is 22.8 Å². The maximum Gasteiger partial charge on any atom is 0.341 e. The molecule has 168 valence electrons. The molecule has 0 bridgehead atoms. The maximum absolute atomic E-state index is 12.0.